The zero-order valence-electron chi connectivity index (χ0n) is 8.76. The van der Waals surface area contributed by atoms with Crippen molar-refractivity contribution in [2.24, 2.45) is 5.92 Å². The van der Waals surface area contributed by atoms with Crippen LogP contribution in [0.3, 0.4) is 0 Å². The van der Waals surface area contributed by atoms with Gasteiger partial charge in [-0.05, 0) is 57.8 Å². The van der Waals surface area contributed by atoms with E-state index < -0.39 is 0 Å². The molecule has 2 heterocycles. The van der Waals surface area contributed by atoms with Gasteiger partial charge in [-0.3, -0.25) is 0 Å². The summed E-state index contributed by atoms with van der Waals surface area (Å²) in [7, 11) is 0. The summed E-state index contributed by atoms with van der Waals surface area (Å²) in [6.45, 7) is 7.58. The molecular formula is C11H22N2. The average Bonchev–Trinajstić information content (AvgIpc) is 2.49. The van der Waals surface area contributed by atoms with Crippen molar-refractivity contribution in [3.63, 3.8) is 0 Å². The lowest BCUT2D eigenvalue weighted by Gasteiger charge is -2.30. The third-order valence-electron chi connectivity index (χ3n) is 3.66. The average molecular weight is 182 g/mol. The molecule has 0 aliphatic carbocycles. The van der Waals surface area contributed by atoms with Crippen LogP contribution in [-0.4, -0.2) is 37.1 Å². The highest BCUT2D eigenvalue weighted by atomic mass is 15.2. The lowest BCUT2D eigenvalue weighted by Crippen LogP contribution is -2.44. The SMILES string of the molecule is CCC1CCCN1CCC1CNC1. The number of likely N-dealkylation sites (tertiary alicyclic amines) is 1. The van der Waals surface area contributed by atoms with Gasteiger partial charge in [0.2, 0.25) is 0 Å². The smallest absolute Gasteiger partial charge is 0.00931 e. The highest BCUT2D eigenvalue weighted by molar-refractivity contribution is 4.81. The van der Waals surface area contributed by atoms with E-state index in [0.717, 1.165) is 12.0 Å². The van der Waals surface area contributed by atoms with Gasteiger partial charge in [0.05, 0.1) is 0 Å². The number of nitrogens with zero attached hydrogens (tertiary/aromatic N) is 1. The minimum absolute atomic E-state index is 0.910. The van der Waals surface area contributed by atoms with E-state index in [0.29, 0.717) is 0 Å². The fraction of sp³-hybridized carbons (Fsp3) is 1.00. The summed E-state index contributed by atoms with van der Waals surface area (Å²) >= 11 is 0. The highest BCUT2D eigenvalue weighted by Gasteiger charge is 2.24. The molecule has 1 unspecified atom stereocenters. The second kappa shape index (κ2) is 4.43. The van der Waals surface area contributed by atoms with Gasteiger partial charge in [-0.1, -0.05) is 6.92 Å². The van der Waals surface area contributed by atoms with Crippen molar-refractivity contribution in [3.8, 4) is 0 Å². The lowest BCUT2D eigenvalue weighted by molar-refractivity contribution is 0.209. The van der Waals surface area contributed by atoms with Gasteiger partial charge in [0.15, 0.2) is 0 Å². The van der Waals surface area contributed by atoms with Gasteiger partial charge >= 0.3 is 0 Å². The summed E-state index contributed by atoms with van der Waals surface area (Å²) in [6, 6.07) is 0.910. The Morgan fingerprint density at radius 3 is 2.85 bits per heavy atom. The van der Waals surface area contributed by atoms with Crippen LogP contribution >= 0.6 is 0 Å². The summed E-state index contributed by atoms with van der Waals surface area (Å²) in [5.74, 6) is 0.984. The van der Waals surface area contributed by atoms with Crippen molar-refractivity contribution in [3.05, 3.63) is 0 Å². The molecule has 2 aliphatic heterocycles. The fourth-order valence-corrected chi connectivity index (χ4v) is 2.55. The molecule has 0 bridgehead atoms. The topological polar surface area (TPSA) is 15.3 Å². The van der Waals surface area contributed by atoms with Crippen molar-refractivity contribution in [2.75, 3.05) is 26.2 Å². The van der Waals surface area contributed by atoms with Crippen LogP contribution in [0.5, 0.6) is 0 Å². The van der Waals surface area contributed by atoms with Gasteiger partial charge in [0.25, 0.3) is 0 Å². The van der Waals surface area contributed by atoms with E-state index in [1.807, 2.05) is 0 Å². The molecule has 76 valence electrons. The van der Waals surface area contributed by atoms with Gasteiger partial charge in [0, 0.05) is 6.04 Å². The Hall–Kier alpha value is -0.0800. The molecule has 0 aromatic heterocycles. The predicted octanol–water partition coefficient (Wildman–Crippen LogP) is 1.47. The van der Waals surface area contributed by atoms with Gasteiger partial charge in [-0.15, -0.1) is 0 Å². The molecule has 13 heavy (non-hydrogen) atoms. The molecule has 0 radical (unpaired) electrons. The molecule has 0 saturated carbocycles. The number of hydrogen-bond donors (Lipinski definition) is 1. The number of hydrogen-bond acceptors (Lipinski definition) is 2. The first-order valence-electron chi connectivity index (χ1n) is 5.85. The first-order chi connectivity index (χ1) is 6.40. The van der Waals surface area contributed by atoms with E-state index >= 15 is 0 Å². The van der Waals surface area contributed by atoms with E-state index in [-0.39, 0.29) is 0 Å². The molecule has 2 saturated heterocycles. The van der Waals surface area contributed by atoms with Gasteiger partial charge in [-0.25, -0.2) is 0 Å². The molecule has 2 fully saturated rings. The molecule has 0 aromatic carbocycles. The van der Waals surface area contributed by atoms with E-state index in [9.17, 15) is 0 Å². The van der Waals surface area contributed by atoms with Crippen molar-refractivity contribution < 1.29 is 0 Å². The molecule has 2 rings (SSSR count). The van der Waals surface area contributed by atoms with Crippen molar-refractivity contribution in [1.82, 2.24) is 10.2 Å². The molecule has 0 aromatic rings. The Labute approximate surface area is 81.7 Å². The van der Waals surface area contributed by atoms with Crippen molar-refractivity contribution in [1.29, 1.82) is 0 Å². The molecule has 2 aliphatic rings. The van der Waals surface area contributed by atoms with Crippen molar-refractivity contribution in [2.45, 2.75) is 38.6 Å². The third kappa shape index (κ3) is 2.23. The van der Waals surface area contributed by atoms with Gasteiger partial charge < -0.3 is 10.2 Å². The van der Waals surface area contributed by atoms with Gasteiger partial charge in [0.1, 0.15) is 0 Å². The van der Waals surface area contributed by atoms with Crippen LogP contribution in [0.4, 0.5) is 0 Å². The highest BCUT2D eigenvalue weighted by Crippen LogP contribution is 2.21. The van der Waals surface area contributed by atoms with Crippen LogP contribution in [-0.2, 0) is 0 Å². The minimum atomic E-state index is 0.910. The summed E-state index contributed by atoms with van der Waals surface area (Å²) in [6.07, 6.45) is 5.65. The first kappa shape index (κ1) is 9.47. The van der Waals surface area contributed by atoms with E-state index in [4.69, 9.17) is 0 Å². The maximum atomic E-state index is 3.34. The maximum Gasteiger partial charge on any atom is 0.00931 e. The Kier molecular flexibility index (Phi) is 3.23. The first-order valence-corrected chi connectivity index (χ1v) is 5.85. The van der Waals surface area contributed by atoms with Crippen LogP contribution in [0.15, 0.2) is 0 Å². The lowest BCUT2D eigenvalue weighted by atomic mass is 9.99. The van der Waals surface area contributed by atoms with E-state index in [2.05, 4.69) is 17.1 Å². The fourth-order valence-electron chi connectivity index (χ4n) is 2.55. The van der Waals surface area contributed by atoms with Crippen LogP contribution < -0.4 is 5.32 Å². The van der Waals surface area contributed by atoms with Crippen LogP contribution in [0.2, 0.25) is 0 Å². The molecule has 1 N–H and O–H groups in total. The standard InChI is InChI=1S/C11H22N2/c1-2-11-4-3-6-13(11)7-5-10-8-12-9-10/h10-12H,2-9H2,1H3. The Bertz CT molecular complexity index is 154. The molecule has 0 spiro atoms. The van der Waals surface area contributed by atoms with Crippen LogP contribution in [0, 0.1) is 5.92 Å². The summed E-state index contributed by atoms with van der Waals surface area (Å²) in [5, 5.41) is 3.34. The molecular weight excluding hydrogens is 160 g/mol. The Balaban J connectivity index is 1.67. The maximum absolute atomic E-state index is 3.34. The summed E-state index contributed by atoms with van der Waals surface area (Å²) < 4.78 is 0. The molecule has 2 heteroatoms. The van der Waals surface area contributed by atoms with Crippen molar-refractivity contribution >= 4 is 0 Å². The number of rotatable bonds is 4. The zero-order chi connectivity index (χ0) is 9.10. The molecule has 2 nitrogen and oxygen atoms in total. The second-order valence-corrected chi connectivity index (χ2v) is 4.55. The second-order valence-electron chi connectivity index (χ2n) is 4.55. The summed E-state index contributed by atoms with van der Waals surface area (Å²) in [5.41, 5.74) is 0. The monoisotopic (exact) mass is 182 g/mol. The predicted molar refractivity (Wildman–Crippen MR) is 55.9 cm³/mol. The number of nitrogens with one attached hydrogen (secondary N) is 1. The molecule has 1 atom stereocenters. The van der Waals surface area contributed by atoms with Crippen LogP contribution in [0.25, 0.3) is 0 Å². The van der Waals surface area contributed by atoms with Gasteiger partial charge in [-0.2, -0.15) is 0 Å². The molecule has 0 amide bonds. The minimum Gasteiger partial charge on any atom is -0.316 e. The third-order valence-corrected chi connectivity index (χ3v) is 3.66. The van der Waals surface area contributed by atoms with E-state index in [1.54, 1.807) is 0 Å². The zero-order valence-corrected chi connectivity index (χ0v) is 8.76. The Morgan fingerprint density at radius 2 is 2.23 bits per heavy atom. The summed E-state index contributed by atoms with van der Waals surface area (Å²) in [4.78, 5) is 2.71. The quantitative estimate of drug-likeness (QED) is 0.708. The normalized spacial score (nSPS) is 30.7. The van der Waals surface area contributed by atoms with E-state index in [1.165, 1.54) is 51.9 Å². The largest absolute Gasteiger partial charge is 0.316 e. The Morgan fingerprint density at radius 1 is 1.38 bits per heavy atom. The van der Waals surface area contributed by atoms with Crippen LogP contribution in [0.1, 0.15) is 32.6 Å².